The molecule has 1 aromatic rings. The Morgan fingerprint density at radius 1 is 1.50 bits per heavy atom. The summed E-state index contributed by atoms with van der Waals surface area (Å²) in [6, 6.07) is 3.81. The second-order valence-electron chi connectivity index (χ2n) is 3.80. The number of rotatable bonds is 2. The number of pyridine rings is 1. The summed E-state index contributed by atoms with van der Waals surface area (Å²) >= 11 is 0. The van der Waals surface area contributed by atoms with Gasteiger partial charge in [0.05, 0.1) is 0 Å². The summed E-state index contributed by atoms with van der Waals surface area (Å²) < 4.78 is 12.8. The fourth-order valence-corrected chi connectivity index (χ4v) is 1.48. The van der Waals surface area contributed by atoms with Crippen molar-refractivity contribution in [3.8, 4) is 0 Å². The zero-order chi connectivity index (χ0) is 11.5. The van der Waals surface area contributed by atoms with E-state index in [0.29, 0.717) is 6.54 Å². The van der Waals surface area contributed by atoms with Crippen LogP contribution in [0.15, 0.2) is 42.5 Å². The number of nitrogens with two attached hydrogens (primary N) is 1. The zero-order valence-corrected chi connectivity index (χ0v) is 9.10. The fourth-order valence-electron chi connectivity index (χ4n) is 1.48. The molecule has 84 valence electrons. The van der Waals surface area contributed by atoms with Crippen LogP contribution in [0, 0.1) is 0 Å². The molecule has 3 nitrogen and oxygen atoms in total. The van der Waals surface area contributed by atoms with E-state index in [4.69, 9.17) is 5.73 Å². The zero-order valence-electron chi connectivity index (χ0n) is 9.10. The maximum atomic E-state index is 12.8. The van der Waals surface area contributed by atoms with Crippen molar-refractivity contribution in [3.63, 3.8) is 0 Å². The molecule has 2 N–H and O–H groups in total. The van der Waals surface area contributed by atoms with Crippen molar-refractivity contribution in [3.05, 3.63) is 48.1 Å². The lowest BCUT2D eigenvalue weighted by molar-refractivity contribution is 0.656. The summed E-state index contributed by atoms with van der Waals surface area (Å²) in [7, 11) is 0. The van der Waals surface area contributed by atoms with E-state index in [0.717, 1.165) is 11.4 Å². The van der Waals surface area contributed by atoms with Gasteiger partial charge in [-0.2, -0.15) is 0 Å². The molecular formula is C12H14FN3. The molecule has 0 fully saturated rings. The van der Waals surface area contributed by atoms with Crippen LogP contribution in [-0.2, 0) is 0 Å². The van der Waals surface area contributed by atoms with Gasteiger partial charge < -0.3 is 10.6 Å². The molecule has 0 radical (unpaired) electrons. The summed E-state index contributed by atoms with van der Waals surface area (Å²) in [6.45, 7) is 2.42. The monoisotopic (exact) mass is 219 g/mol. The van der Waals surface area contributed by atoms with Gasteiger partial charge in [-0.25, -0.2) is 9.37 Å². The van der Waals surface area contributed by atoms with Crippen molar-refractivity contribution in [2.75, 3.05) is 11.4 Å². The van der Waals surface area contributed by atoms with E-state index in [1.54, 1.807) is 12.4 Å². The second kappa shape index (κ2) is 4.45. The third kappa shape index (κ3) is 2.28. The molecule has 0 saturated carbocycles. The average molecular weight is 219 g/mol. The SMILES string of the molecule is C[C@H](N)c1ccc(N2C=CC(F)=CC2)nc1. The lowest BCUT2D eigenvalue weighted by Gasteiger charge is -2.20. The van der Waals surface area contributed by atoms with Gasteiger partial charge in [0.1, 0.15) is 11.6 Å². The maximum absolute atomic E-state index is 12.8. The Morgan fingerprint density at radius 2 is 2.31 bits per heavy atom. The van der Waals surface area contributed by atoms with Crippen molar-refractivity contribution >= 4 is 5.82 Å². The largest absolute Gasteiger partial charge is 0.329 e. The van der Waals surface area contributed by atoms with Crippen molar-refractivity contribution in [1.82, 2.24) is 4.98 Å². The van der Waals surface area contributed by atoms with Gasteiger partial charge in [-0.05, 0) is 30.7 Å². The molecule has 4 heteroatoms. The number of aromatic nitrogens is 1. The quantitative estimate of drug-likeness (QED) is 0.829. The van der Waals surface area contributed by atoms with Crippen LogP contribution in [0.5, 0.6) is 0 Å². The van der Waals surface area contributed by atoms with E-state index >= 15 is 0 Å². The summed E-state index contributed by atoms with van der Waals surface area (Å²) in [5.74, 6) is 0.591. The third-order valence-electron chi connectivity index (χ3n) is 2.49. The fraction of sp³-hybridized carbons (Fsp3) is 0.250. The van der Waals surface area contributed by atoms with Crippen LogP contribution in [0.2, 0.25) is 0 Å². The molecule has 1 aromatic heterocycles. The standard InChI is InChI=1S/C12H14FN3/c1-9(14)10-2-3-12(15-8-10)16-6-4-11(13)5-7-16/h2-6,8-9H,7,14H2,1H3/t9-/m0/s1. The first-order chi connectivity index (χ1) is 7.66. The maximum Gasteiger partial charge on any atom is 0.132 e. The molecule has 1 aliphatic heterocycles. The predicted molar refractivity (Wildman–Crippen MR) is 62.5 cm³/mol. The lowest BCUT2D eigenvalue weighted by Crippen LogP contribution is -2.19. The summed E-state index contributed by atoms with van der Waals surface area (Å²) in [5.41, 5.74) is 6.73. The van der Waals surface area contributed by atoms with Crippen LogP contribution >= 0.6 is 0 Å². The number of nitrogens with zero attached hydrogens (tertiary/aromatic N) is 2. The first-order valence-corrected chi connectivity index (χ1v) is 5.19. The minimum absolute atomic E-state index is 0.0178. The van der Waals surface area contributed by atoms with Crippen LogP contribution in [0.25, 0.3) is 0 Å². The van der Waals surface area contributed by atoms with Gasteiger partial charge in [-0.1, -0.05) is 6.07 Å². The molecule has 1 aliphatic rings. The highest BCUT2D eigenvalue weighted by atomic mass is 19.1. The average Bonchev–Trinajstić information content (AvgIpc) is 2.30. The predicted octanol–water partition coefficient (Wildman–Crippen LogP) is 2.29. The highest BCUT2D eigenvalue weighted by molar-refractivity contribution is 5.46. The van der Waals surface area contributed by atoms with Crippen molar-refractivity contribution < 1.29 is 4.39 Å². The molecule has 0 amide bonds. The molecule has 0 aromatic carbocycles. The van der Waals surface area contributed by atoms with Gasteiger partial charge in [0.15, 0.2) is 0 Å². The Hall–Kier alpha value is -1.68. The van der Waals surface area contributed by atoms with Gasteiger partial charge in [0.25, 0.3) is 0 Å². The third-order valence-corrected chi connectivity index (χ3v) is 2.49. The molecule has 0 unspecified atom stereocenters. The number of hydrogen-bond acceptors (Lipinski definition) is 3. The Morgan fingerprint density at radius 3 is 2.81 bits per heavy atom. The summed E-state index contributed by atoms with van der Waals surface area (Å²) in [5, 5.41) is 0. The van der Waals surface area contributed by atoms with Crippen LogP contribution in [-0.4, -0.2) is 11.5 Å². The molecule has 1 atom stereocenters. The molecule has 0 bridgehead atoms. The molecule has 0 saturated heterocycles. The number of anilines is 1. The topological polar surface area (TPSA) is 42.1 Å². The molecule has 2 heterocycles. The Balaban J connectivity index is 2.14. The highest BCUT2D eigenvalue weighted by Crippen LogP contribution is 2.18. The molecular weight excluding hydrogens is 205 g/mol. The Bertz CT molecular complexity index is 420. The summed E-state index contributed by atoms with van der Waals surface area (Å²) in [4.78, 5) is 6.16. The summed E-state index contributed by atoms with van der Waals surface area (Å²) in [6.07, 6.45) is 6.37. The van der Waals surface area contributed by atoms with Crippen LogP contribution in [0.4, 0.5) is 10.2 Å². The first kappa shape index (κ1) is 10.8. The van der Waals surface area contributed by atoms with E-state index in [1.807, 2.05) is 24.0 Å². The van der Waals surface area contributed by atoms with Crippen molar-refractivity contribution in [2.24, 2.45) is 5.73 Å². The van der Waals surface area contributed by atoms with Crippen LogP contribution in [0.1, 0.15) is 18.5 Å². The first-order valence-electron chi connectivity index (χ1n) is 5.19. The minimum atomic E-state index is -0.205. The van der Waals surface area contributed by atoms with Crippen LogP contribution < -0.4 is 10.6 Å². The van der Waals surface area contributed by atoms with Crippen molar-refractivity contribution in [1.29, 1.82) is 0 Å². The van der Waals surface area contributed by atoms with E-state index in [2.05, 4.69) is 4.98 Å². The van der Waals surface area contributed by atoms with Crippen LogP contribution in [0.3, 0.4) is 0 Å². The van der Waals surface area contributed by atoms with E-state index in [1.165, 1.54) is 12.2 Å². The van der Waals surface area contributed by atoms with Gasteiger partial charge in [-0.3, -0.25) is 0 Å². The number of hydrogen-bond donors (Lipinski definition) is 1. The number of halogens is 1. The Labute approximate surface area is 94.1 Å². The van der Waals surface area contributed by atoms with E-state index in [9.17, 15) is 4.39 Å². The van der Waals surface area contributed by atoms with E-state index < -0.39 is 0 Å². The molecule has 16 heavy (non-hydrogen) atoms. The Kier molecular flexibility index (Phi) is 3.01. The van der Waals surface area contributed by atoms with E-state index in [-0.39, 0.29) is 11.9 Å². The molecule has 0 aliphatic carbocycles. The van der Waals surface area contributed by atoms with Crippen molar-refractivity contribution in [2.45, 2.75) is 13.0 Å². The highest BCUT2D eigenvalue weighted by Gasteiger charge is 2.08. The minimum Gasteiger partial charge on any atom is -0.329 e. The van der Waals surface area contributed by atoms with Gasteiger partial charge in [0, 0.05) is 25.0 Å². The van der Waals surface area contributed by atoms with Gasteiger partial charge in [0.2, 0.25) is 0 Å². The second-order valence-corrected chi connectivity index (χ2v) is 3.80. The smallest absolute Gasteiger partial charge is 0.132 e. The van der Waals surface area contributed by atoms with Gasteiger partial charge >= 0.3 is 0 Å². The normalized spacial score (nSPS) is 17.2. The number of allylic oxidation sites excluding steroid dienone is 2. The van der Waals surface area contributed by atoms with Gasteiger partial charge in [-0.15, -0.1) is 0 Å². The lowest BCUT2D eigenvalue weighted by atomic mass is 10.1. The molecule has 2 rings (SSSR count). The molecule has 0 spiro atoms.